The number of nitrogens with zero attached hydrogens (tertiary/aromatic N) is 1. The number of rotatable bonds is 5. The second kappa shape index (κ2) is 8.62. The lowest BCUT2D eigenvalue weighted by Gasteiger charge is -2.24. The molecule has 0 radical (unpaired) electrons. The highest BCUT2D eigenvalue weighted by atomic mass is 16.6. The van der Waals surface area contributed by atoms with Gasteiger partial charge < -0.3 is 14.9 Å². The molecule has 0 aliphatic carbocycles. The van der Waals surface area contributed by atoms with Crippen molar-refractivity contribution in [1.82, 2.24) is 4.90 Å². The van der Waals surface area contributed by atoms with E-state index in [-0.39, 0.29) is 19.6 Å². The predicted molar refractivity (Wildman–Crippen MR) is 115 cm³/mol. The van der Waals surface area contributed by atoms with Crippen molar-refractivity contribution < 1.29 is 24.5 Å². The number of β-amino-alcohol motifs (C(OH)–C–C–N with tert-alkyl or cyclic N) is 1. The van der Waals surface area contributed by atoms with Crippen LogP contribution in [0.2, 0.25) is 0 Å². The molecule has 6 nitrogen and oxygen atoms in total. The van der Waals surface area contributed by atoms with Crippen LogP contribution in [0.5, 0.6) is 0 Å². The number of carbonyl (C=O) groups excluding carboxylic acids is 1. The number of ether oxygens (including phenoxy) is 1. The Morgan fingerprint density at radius 2 is 1.48 bits per heavy atom. The lowest BCUT2D eigenvalue weighted by Crippen LogP contribution is -2.41. The van der Waals surface area contributed by atoms with Crippen molar-refractivity contribution in [3.63, 3.8) is 0 Å². The Labute approximate surface area is 180 Å². The van der Waals surface area contributed by atoms with Gasteiger partial charge >= 0.3 is 12.1 Å². The number of amides is 1. The van der Waals surface area contributed by atoms with Gasteiger partial charge in [0.05, 0.1) is 6.54 Å². The molecule has 0 spiro atoms. The van der Waals surface area contributed by atoms with Gasteiger partial charge in [0.25, 0.3) is 0 Å². The summed E-state index contributed by atoms with van der Waals surface area (Å²) in [7, 11) is 0. The van der Waals surface area contributed by atoms with E-state index >= 15 is 0 Å². The fraction of sp³-hybridized carbons (Fsp3) is 0.200. The predicted octanol–water partition coefficient (Wildman–Crippen LogP) is 4.04. The molecule has 6 heteroatoms. The summed E-state index contributed by atoms with van der Waals surface area (Å²) >= 11 is 0. The van der Waals surface area contributed by atoms with Crippen LogP contribution in [0.15, 0.2) is 84.9 Å². The summed E-state index contributed by atoms with van der Waals surface area (Å²) in [5, 5.41) is 20.9. The third kappa shape index (κ3) is 4.44. The minimum absolute atomic E-state index is 0.0344. The zero-order chi connectivity index (χ0) is 21.8. The lowest BCUT2D eigenvalue weighted by molar-refractivity contribution is -0.141. The van der Waals surface area contributed by atoms with Crippen LogP contribution in [0, 0.1) is 0 Å². The molecule has 158 valence electrons. The number of aliphatic hydroxyl groups is 1. The molecule has 4 rings (SSSR count). The highest BCUT2D eigenvalue weighted by Gasteiger charge is 2.49. The first-order valence-electron chi connectivity index (χ1n) is 10.0. The Balaban J connectivity index is 1.51. The summed E-state index contributed by atoms with van der Waals surface area (Å²) in [6.45, 7) is -0.116. The molecule has 0 bridgehead atoms. The van der Waals surface area contributed by atoms with Crippen molar-refractivity contribution >= 4 is 12.1 Å². The second-order valence-corrected chi connectivity index (χ2v) is 7.70. The van der Waals surface area contributed by atoms with Crippen molar-refractivity contribution in [2.45, 2.75) is 24.7 Å². The van der Waals surface area contributed by atoms with Gasteiger partial charge in [-0.15, -0.1) is 0 Å². The smallest absolute Gasteiger partial charge is 0.410 e. The summed E-state index contributed by atoms with van der Waals surface area (Å²) in [5.41, 5.74) is 1.93. The summed E-state index contributed by atoms with van der Waals surface area (Å²) < 4.78 is 5.31. The fourth-order valence-electron chi connectivity index (χ4n) is 3.91. The maximum absolute atomic E-state index is 12.6. The first-order chi connectivity index (χ1) is 15.0. The molecule has 1 aliphatic heterocycles. The molecular weight excluding hydrogens is 394 g/mol. The zero-order valence-electron chi connectivity index (χ0n) is 16.8. The van der Waals surface area contributed by atoms with Crippen LogP contribution >= 0.6 is 0 Å². The number of benzene rings is 3. The molecule has 3 aromatic rings. The fourth-order valence-corrected chi connectivity index (χ4v) is 3.91. The quantitative estimate of drug-likeness (QED) is 0.654. The highest BCUT2D eigenvalue weighted by Crippen LogP contribution is 2.37. The molecular formula is C25H23NO5. The number of carboxylic acids is 1. The van der Waals surface area contributed by atoms with E-state index in [0.29, 0.717) is 5.56 Å². The van der Waals surface area contributed by atoms with Gasteiger partial charge in [-0.2, -0.15) is 0 Å². The zero-order valence-corrected chi connectivity index (χ0v) is 16.8. The van der Waals surface area contributed by atoms with Gasteiger partial charge in [-0.3, -0.25) is 4.90 Å². The average Bonchev–Trinajstić information content (AvgIpc) is 3.18. The Morgan fingerprint density at radius 3 is 2.10 bits per heavy atom. The lowest BCUT2D eigenvalue weighted by atomic mass is 9.90. The van der Waals surface area contributed by atoms with E-state index in [1.54, 1.807) is 12.1 Å². The van der Waals surface area contributed by atoms with Gasteiger partial charge in [-0.05, 0) is 22.3 Å². The van der Waals surface area contributed by atoms with Crippen LogP contribution in [0.3, 0.4) is 0 Å². The Bertz CT molecular complexity index is 1050. The number of carboxylic acid groups (broad SMARTS) is 1. The van der Waals surface area contributed by atoms with Gasteiger partial charge in [0, 0.05) is 6.42 Å². The number of hydrogen-bond acceptors (Lipinski definition) is 4. The van der Waals surface area contributed by atoms with Gasteiger partial charge in [-0.1, -0.05) is 84.9 Å². The van der Waals surface area contributed by atoms with Crippen molar-refractivity contribution in [2.24, 2.45) is 0 Å². The minimum atomic E-state index is -1.47. The first-order valence-corrected chi connectivity index (χ1v) is 10.0. The minimum Gasteiger partial charge on any atom is -0.480 e. The normalized spacial score (nSPS) is 20.4. The first kappa shape index (κ1) is 20.6. The Kier molecular flexibility index (Phi) is 5.73. The molecule has 0 aromatic heterocycles. The third-order valence-electron chi connectivity index (χ3n) is 5.59. The molecule has 3 aromatic carbocycles. The average molecular weight is 417 g/mol. The summed E-state index contributed by atoms with van der Waals surface area (Å²) in [6.07, 6.45) is -0.860. The van der Waals surface area contributed by atoms with E-state index in [2.05, 4.69) is 0 Å². The summed E-state index contributed by atoms with van der Waals surface area (Å²) in [5.74, 6) is -1.17. The molecule has 1 saturated heterocycles. The topological polar surface area (TPSA) is 87.1 Å². The molecule has 1 unspecified atom stereocenters. The van der Waals surface area contributed by atoms with E-state index in [4.69, 9.17) is 4.74 Å². The molecule has 0 saturated carbocycles. The van der Waals surface area contributed by atoms with E-state index in [9.17, 15) is 19.8 Å². The van der Waals surface area contributed by atoms with E-state index < -0.39 is 23.7 Å². The SMILES string of the molecule is O=C(O)[C@@H]1CC(O)(c2ccc(-c3ccccc3)cc2)CN1C(=O)OCc1ccccc1. The van der Waals surface area contributed by atoms with Crippen LogP contribution in [-0.2, 0) is 21.7 Å². The van der Waals surface area contributed by atoms with Crippen LogP contribution in [0.1, 0.15) is 17.5 Å². The number of aliphatic carboxylic acids is 1. The van der Waals surface area contributed by atoms with Crippen molar-refractivity contribution in [3.8, 4) is 11.1 Å². The largest absolute Gasteiger partial charge is 0.480 e. The van der Waals surface area contributed by atoms with Gasteiger partial charge in [0.1, 0.15) is 18.2 Å². The van der Waals surface area contributed by atoms with Crippen molar-refractivity contribution in [2.75, 3.05) is 6.54 Å². The monoisotopic (exact) mass is 417 g/mol. The van der Waals surface area contributed by atoms with Crippen LogP contribution < -0.4 is 0 Å². The van der Waals surface area contributed by atoms with Gasteiger partial charge in [-0.25, -0.2) is 9.59 Å². The Hall–Kier alpha value is -3.64. The van der Waals surface area contributed by atoms with Crippen molar-refractivity contribution in [1.29, 1.82) is 0 Å². The van der Waals surface area contributed by atoms with Crippen LogP contribution in [0.25, 0.3) is 11.1 Å². The van der Waals surface area contributed by atoms with Crippen LogP contribution in [-0.4, -0.2) is 39.8 Å². The van der Waals surface area contributed by atoms with Gasteiger partial charge in [0.2, 0.25) is 0 Å². The molecule has 1 heterocycles. The molecule has 31 heavy (non-hydrogen) atoms. The highest BCUT2D eigenvalue weighted by molar-refractivity contribution is 5.81. The van der Waals surface area contributed by atoms with Crippen molar-refractivity contribution in [3.05, 3.63) is 96.1 Å². The Morgan fingerprint density at radius 1 is 0.903 bits per heavy atom. The van der Waals surface area contributed by atoms with Crippen LogP contribution in [0.4, 0.5) is 4.79 Å². The van der Waals surface area contributed by atoms with E-state index in [0.717, 1.165) is 21.6 Å². The maximum Gasteiger partial charge on any atom is 0.410 e. The second-order valence-electron chi connectivity index (χ2n) is 7.70. The molecule has 2 N–H and O–H groups in total. The molecule has 1 aliphatic rings. The summed E-state index contributed by atoms with van der Waals surface area (Å²) in [4.78, 5) is 25.5. The molecule has 1 amide bonds. The summed E-state index contributed by atoms with van der Waals surface area (Å²) in [6, 6.07) is 25.1. The van der Waals surface area contributed by atoms with E-state index in [1.165, 1.54) is 0 Å². The molecule has 1 fully saturated rings. The maximum atomic E-state index is 12.6. The third-order valence-corrected chi connectivity index (χ3v) is 5.59. The van der Waals surface area contributed by atoms with Gasteiger partial charge in [0.15, 0.2) is 0 Å². The molecule has 2 atom stereocenters. The number of hydrogen-bond donors (Lipinski definition) is 2. The number of carbonyl (C=O) groups is 2. The number of likely N-dealkylation sites (tertiary alicyclic amines) is 1. The standard InChI is InChI=1S/C25H23NO5/c27-23(28)22-15-25(30,17-26(22)24(29)31-16-18-7-3-1-4-8-18)21-13-11-20(12-14-21)19-9-5-2-6-10-19/h1-14,22,30H,15-17H2,(H,27,28)/t22-,25?/m0/s1. The van der Waals surface area contributed by atoms with E-state index in [1.807, 2.05) is 72.8 Å².